The lowest BCUT2D eigenvalue weighted by Gasteiger charge is -2.22. The van der Waals surface area contributed by atoms with Crippen molar-refractivity contribution in [2.75, 3.05) is 27.2 Å². The van der Waals surface area contributed by atoms with Gasteiger partial charge in [-0.05, 0) is 57.3 Å². The topological polar surface area (TPSA) is 54.7 Å². The average Bonchev–Trinajstić information content (AvgIpc) is 3.02. The number of ether oxygens (including phenoxy) is 1. The molecular weight excluding hydrogens is 292 g/mol. The smallest absolute Gasteiger partial charge is 0.258 e. The Morgan fingerprint density at radius 1 is 1.26 bits per heavy atom. The van der Waals surface area contributed by atoms with Crippen LogP contribution >= 0.6 is 0 Å². The molecule has 23 heavy (non-hydrogen) atoms. The maximum atomic E-state index is 12.0. The van der Waals surface area contributed by atoms with E-state index in [9.17, 15) is 4.79 Å². The van der Waals surface area contributed by atoms with Gasteiger partial charge in [0.05, 0.1) is 12.3 Å². The van der Waals surface area contributed by atoms with Crippen LogP contribution in [0.5, 0.6) is 5.75 Å². The number of benzene rings is 1. The number of amides is 1. The van der Waals surface area contributed by atoms with Crippen molar-refractivity contribution in [3.63, 3.8) is 0 Å². The van der Waals surface area contributed by atoms with Crippen LogP contribution < -0.4 is 10.1 Å². The summed E-state index contributed by atoms with van der Waals surface area (Å²) in [5, 5.41) is 2.89. The van der Waals surface area contributed by atoms with Crippen molar-refractivity contribution in [3.05, 3.63) is 53.5 Å². The highest BCUT2D eigenvalue weighted by Crippen LogP contribution is 2.20. The van der Waals surface area contributed by atoms with E-state index in [4.69, 9.17) is 9.15 Å². The van der Waals surface area contributed by atoms with Gasteiger partial charge in [0.1, 0.15) is 11.5 Å². The Kier molecular flexibility index (Phi) is 5.82. The molecule has 5 heteroatoms. The lowest BCUT2D eigenvalue weighted by Crippen LogP contribution is -2.36. The summed E-state index contributed by atoms with van der Waals surface area (Å²) >= 11 is 0. The van der Waals surface area contributed by atoms with Gasteiger partial charge in [-0.15, -0.1) is 0 Å². The van der Waals surface area contributed by atoms with Gasteiger partial charge in [-0.25, -0.2) is 0 Å². The summed E-state index contributed by atoms with van der Waals surface area (Å²) in [7, 11) is 3.90. The zero-order valence-corrected chi connectivity index (χ0v) is 14.1. The molecular formula is C18H24N2O3. The Labute approximate surface area is 137 Å². The minimum Gasteiger partial charge on any atom is -0.483 e. The van der Waals surface area contributed by atoms with Gasteiger partial charge >= 0.3 is 0 Å². The van der Waals surface area contributed by atoms with Crippen LogP contribution in [-0.2, 0) is 4.79 Å². The first-order valence-corrected chi connectivity index (χ1v) is 7.64. The summed E-state index contributed by atoms with van der Waals surface area (Å²) in [6.45, 7) is 4.48. The molecule has 0 bridgehead atoms. The predicted octanol–water partition coefficient (Wildman–Crippen LogP) is 2.69. The second-order valence-electron chi connectivity index (χ2n) is 5.79. The zero-order chi connectivity index (χ0) is 16.8. The number of aryl methyl sites for hydroxylation is 1. The van der Waals surface area contributed by atoms with Crippen LogP contribution in [0.2, 0.25) is 0 Å². The molecule has 2 aromatic rings. The number of nitrogens with one attached hydrogen (secondary N) is 1. The molecule has 1 aromatic carbocycles. The van der Waals surface area contributed by atoms with Crippen molar-refractivity contribution >= 4 is 5.91 Å². The highest BCUT2D eigenvalue weighted by Gasteiger charge is 2.18. The van der Waals surface area contributed by atoms with E-state index in [1.54, 1.807) is 6.26 Å². The monoisotopic (exact) mass is 316 g/mol. The van der Waals surface area contributed by atoms with Crippen molar-refractivity contribution in [3.8, 4) is 5.75 Å². The second-order valence-corrected chi connectivity index (χ2v) is 5.79. The van der Waals surface area contributed by atoms with Crippen LogP contribution in [-0.4, -0.2) is 38.1 Å². The number of likely N-dealkylation sites (N-methyl/N-ethyl adjacent to an activating group) is 1. The number of hydrogen-bond donors (Lipinski definition) is 1. The molecule has 0 fully saturated rings. The number of furan rings is 1. The van der Waals surface area contributed by atoms with E-state index in [1.165, 1.54) is 0 Å². The van der Waals surface area contributed by atoms with E-state index >= 15 is 0 Å². The normalized spacial score (nSPS) is 12.2. The van der Waals surface area contributed by atoms with Gasteiger partial charge < -0.3 is 14.5 Å². The molecule has 5 nitrogen and oxygen atoms in total. The Hall–Kier alpha value is -2.27. The Balaban J connectivity index is 1.86. The van der Waals surface area contributed by atoms with Gasteiger partial charge in [-0.3, -0.25) is 9.69 Å². The van der Waals surface area contributed by atoms with E-state index in [0.717, 1.165) is 22.6 Å². The highest BCUT2D eigenvalue weighted by atomic mass is 16.5. The predicted molar refractivity (Wildman–Crippen MR) is 89.6 cm³/mol. The standard InChI is InChI=1S/C18H24N2O3/c1-13-7-5-8-16(14(13)2)23-12-18(21)19-11-15(20(3)4)17-9-6-10-22-17/h5-10,15H,11-12H2,1-4H3,(H,19,21). The lowest BCUT2D eigenvalue weighted by atomic mass is 10.1. The minimum atomic E-state index is -0.149. The fraction of sp³-hybridized carbons (Fsp3) is 0.389. The maximum Gasteiger partial charge on any atom is 0.258 e. The van der Waals surface area contributed by atoms with Crippen LogP contribution in [0.1, 0.15) is 22.9 Å². The minimum absolute atomic E-state index is 0.00258. The van der Waals surface area contributed by atoms with E-state index in [-0.39, 0.29) is 18.6 Å². The first kappa shape index (κ1) is 17.1. The molecule has 0 saturated carbocycles. The fourth-order valence-corrected chi connectivity index (χ4v) is 2.30. The molecule has 0 aliphatic carbocycles. The van der Waals surface area contributed by atoms with Gasteiger partial charge in [-0.1, -0.05) is 12.1 Å². The van der Waals surface area contributed by atoms with Gasteiger partial charge in [0, 0.05) is 6.54 Å². The van der Waals surface area contributed by atoms with E-state index in [2.05, 4.69) is 5.32 Å². The van der Waals surface area contributed by atoms with Gasteiger partial charge in [0.25, 0.3) is 5.91 Å². The summed E-state index contributed by atoms with van der Waals surface area (Å²) in [4.78, 5) is 14.0. The molecule has 0 radical (unpaired) electrons. The van der Waals surface area contributed by atoms with Crippen LogP contribution in [0.15, 0.2) is 41.0 Å². The molecule has 2 rings (SSSR count). The fourth-order valence-electron chi connectivity index (χ4n) is 2.30. The van der Waals surface area contributed by atoms with E-state index in [0.29, 0.717) is 6.54 Å². The first-order valence-electron chi connectivity index (χ1n) is 7.64. The summed E-state index contributed by atoms with van der Waals surface area (Å²) < 4.78 is 11.0. The molecule has 1 aromatic heterocycles. The first-order chi connectivity index (χ1) is 11.0. The van der Waals surface area contributed by atoms with Crippen LogP contribution in [0.25, 0.3) is 0 Å². The third-order valence-corrected chi connectivity index (χ3v) is 3.90. The molecule has 124 valence electrons. The van der Waals surface area contributed by atoms with E-state index < -0.39 is 0 Å². The number of hydrogen-bond acceptors (Lipinski definition) is 4. The third kappa shape index (κ3) is 4.60. The molecule has 0 saturated heterocycles. The third-order valence-electron chi connectivity index (χ3n) is 3.90. The summed E-state index contributed by atoms with van der Waals surface area (Å²) in [5.41, 5.74) is 2.20. The quantitative estimate of drug-likeness (QED) is 0.853. The average molecular weight is 316 g/mol. The molecule has 1 atom stereocenters. The zero-order valence-electron chi connectivity index (χ0n) is 14.1. The van der Waals surface area contributed by atoms with Crippen molar-refractivity contribution < 1.29 is 13.9 Å². The highest BCUT2D eigenvalue weighted by molar-refractivity contribution is 5.77. The molecule has 1 N–H and O–H groups in total. The van der Waals surface area contributed by atoms with Crippen molar-refractivity contribution in [2.45, 2.75) is 19.9 Å². The van der Waals surface area contributed by atoms with Crippen LogP contribution in [0.4, 0.5) is 0 Å². The van der Waals surface area contributed by atoms with Gasteiger partial charge in [0.15, 0.2) is 6.61 Å². The molecule has 1 heterocycles. The van der Waals surface area contributed by atoms with Gasteiger partial charge in [0.2, 0.25) is 0 Å². The van der Waals surface area contributed by atoms with Crippen molar-refractivity contribution in [1.29, 1.82) is 0 Å². The molecule has 0 spiro atoms. The Morgan fingerprint density at radius 2 is 2.04 bits per heavy atom. The summed E-state index contributed by atoms with van der Waals surface area (Å²) in [6.07, 6.45) is 1.64. The number of rotatable bonds is 7. The van der Waals surface area contributed by atoms with Gasteiger partial charge in [-0.2, -0.15) is 0 Å². The number of carbonyl (C=O) groups is 1. The SMILES string of the molecule is Cc1cccc(OCC(=O)NCC(c2ccco2)N(C)C)c1C. The second kappa shape index (κ2) is 7.83. The Morgan fingerprint density at radius 3 is 2.70 bits per heavy atom. The van der Waals surface area contributed by atoms with E-state index in [1.807, 2.05) is 63.2 Å². The maximum absolute atomic E-state index is 12.0. The lowest BCUT2D eigenvalue weighted by molar-refractivity contribution is -0.123. The van der Waals surface area contributed by atoms with Crippen molar-refractivity contribution in [2.24, 2.45) is 0 Å². The molecule has 0 aliphatic heterocycles. The molecule has 0 aliphatic rings. The summed E-state index contributed by atoms with van der Waals surface area (Å²) in [5.74, 6) is 1.42. The molecule has 1 unspecified atom stereocenters. The van der Waals surface area contributed by atoms with Crippen LogP contribution in [0, 0.1) is 13.8 Å². The van der Waals surface area contributed by atoms with Crippen molar-refractivity contribution in [1.82, 2.24) is 10.2 Å². The number of nitrogens with zero attached hydrogens (tertiary/aromatic N) is 1. The summed E-state index contributed by atoms with van der Waals surface area (Å²) in [6, 6.07) is 9.57. The Bertz CT molecular complexity index is 636. The molecule has 1 amide bonds. The number of carbonyl (C=O) groups excluding carboxylic acids is 1. The largest absolute Gasteiger partial charge is 0.483 e. The van der Waals surface area contributed by atoms with Crippen LogP contribution in [0.3, 0.4) is 0 Å².